The van der Waals surface area contributed by atoms with E-state index in [2.05, 4.69) is 39.8 Å². The third-order valence-electron chi connectivity index (χ3n) is 6.96. The second-order valence-electron chi connectivity index (χ2n) is 9.38. The van der Waals surface area contributed by atoms with Gasteiger partial charge in [-0.3, -0.25) is 14.5 Å². The quantitative estimate of drug-likeness (QED) is 0.582. The monoisotopic (exact) mass is 489 g/mol. The van der Waals surface area contributed by atoms with Crippen molar-refractivity contribution in [2.45, 2.75) is 56.0 Å². The maximum atomic E-state index is 12.9. The summed E-state index contributed by atoms with van der Waals surface area (Å²) in [5.41, 5.74) is 0.226. The van der Waals surface area contributed by atoms with Crippen LogP contribution < -0.4 is 10.6 Å². The van der Waals surface area contributed by atoms with Gasteiger partial charge in [0.1, 0.15) is 0 Å². The van der Waals surface area contributed by atoms with E-state index in [0.29, 0.717) is 25.0 Å². The molecule has 9 heteroatoms. The van der Waals surface area contributed by atoms with Gasteiger partial charge in [0.05, 0.1) is 24.3 Å². The average Bonchev–Trinajstić information content (AvgIpc) is 3.22. The van der Waals surface area contributed by atoms with E-state index in [0.717, 1.165) is 43.9 Å². The second-order valence-corrected chi connectivity index (χ2v) is 9.38. The molecule has 2 amide bonds. The van der Waals surface area contributed by atoms with E-state index < -0.39 is 42.2 Å². The van der Waals surface area contributed by atoms with Crippen molar-refractivity contribution in [3.8, 4) is 0 Å². The topological polar surface area (TPSA) is 81.7 Å². The number of aliphatic hydroxyl groups excluding tert-OH is 1. The van der Waals surface area contributed by atoms with Gasteiger partial charge in [0.15, 0.2) is 0 Å². The summed E-state index contributed by atoms with van der Waals surface area (Å²) >= 11 is 0. The predicted octanol–water partition coefficient (Wildman–Crippen LogP) is 3.32. The molecule has 2 aromatic carbocycles. The highest BCUT2D eigenvalue weighted by molar-refractivity contribution is 5.96. The molecule has 4 rings (SSSR count). The molecule has 1 aliphatic carbocycles. The molecule has 0 aromatic heterocycles. The van der Waals surface area contributed by atoms with Gasteiger partial charge in [-0.05, 0) is 48.9 Å². The number of hydrogen-bond donors (Lipinski definition) is 3. The van der Waals surface area contributed by atoms with Crippen molar-refractivity contribution in [2.24, 2.45) is 0 Å². The van der Waals surface area contributed by atoms with E-state index in [1.54, 1.807) is 0 Å². The summed E-state index contributed by atoms with van der Waals surface area (Å²) in [5, 5.41) is 15.6. The Morgan fingerprint density at radius 3 is 2.54 bits per heavy atom. The summed E-state index contributed by atoms with van der Waals surface area (Å²) in [4.78, 5) is 26.8. The van der Waals surface area contributed by atoms with E-state index in [1.807, 2.05) is 6.07 Å². The lowest BCUT2D eigenvalue weighted by Gasteiger charge is -2.35. The molecule has 1 saturated heterocycles. The smallest absolute Gasteiger partial charge is 0.390 e. The number of β-amino-alcohol motifs (C(OH)–C–C–N with tert-alkyl or cyclic N) is 1. The molecule has 188 valence electrons. The lowest BCUT2D eigenvalue weighted by atomic mass is 9.81. The normalized spacial score (nSPS) is 25.3. The second kappa shape index (κ2) is 10.8. The molecule has 1 saturated carbocycles. The van der Waals surface area contributed by atoms with Crippen molar-refractivity contribution >= 4 is 11.8 Å². The molecule has 2 aliphatic rings. The summed E-state index contributed by atoms with van der Waals surface area (Å²) in [7, 11) is 0. The molecule has 0 spiro atoms. The Bertz CT molecular complexity index is 1030. The summed E-state index contributed by atoms with van der Waals surface area (Å²) < 4.78 is 38.6. The summed E-state index contributed by atoms with van der Waals surface area (Å²) in [6, 6.07) is 14.3. The largest absolute Gasteiger partial charge is 0.416 e. The number of carbonyl (C=O) groups excluding carboxylic acids is 2. The molecule has 35 heavy (non-hydrogen) atoms. The van der Waals surface area contributed by atoms with Crippen molar-refractivity contribution < 1.29 is 27.9 Å². The van der Waals surface area contributed by atoms with Crippen LogP contribution in [0, 0.1) is 0 Å². The first-order valence-corrected chi connectivity index (χ1v) is 11.9. The van der Waals surface area contributed by atoms with Gasteiger partial charge in [0.2, 0.25) is 5.91 Å². The highest BCUT2D eigenvalue weighted by atomic mass is 19.4. The standard InChI is InChI=1S/C26H30F3N3O3/c27-26(28,29)20-10-4-9-19(12-20)25(35)30-14-24(34)31-22-15-32(16-23(22)33)21-11-5-8-18(13-21)17-6-2-1-3-7-17/h1-4,6-7,9-10,12,18,21-23,33H,5,8,11,13-16H2,(H,30,35)(H,31,34)/t18-,21-,22-,23-/m0/s1. The zero-order valence-corrected chi connectivity index (χ0v) is 19.3. The van der Waals surface area contributed by atoms with Crippen LogP contribution >= 0.6 is 0 Å². The highest BCUT2D eigenvalue weighted by Gasteiger charge is 2.38. The first-order valence-electron chi connectivity index (χ1n) is 11.9. The van der Waals surface area contributed by atoms with E-state index in [-0.39, 0.29) is 5.56 Å². The van der Waals surface area contributed by atoms with Gasteiger partial charge >= 0.3 is 6.18 Å². The number of hydrogen-bond acceptors (Lipinski definition) is 4. The van der Waals surface area contributed by atoms with Gasteiger partial charge < -0.3 is 15.7 Å². The zero-order chi connectivity index (χ0) is 25.0. The number of nitrogens with one attached hydrogen (secondary N) is 2. The van der Waals surface area contributed by atoms with Crippen LogP contribution in [-0.2, 0) is 11.0 Å². The fraction of sp³-hybridized carbons (Fsp3) is 0.462. The first-order chi connectivity index (χ1) is 16.7. The van der Waals surface area contributed by atoms with Crippen LogP contribution in [0.5, 0.6) is 0 Å². The first kappa shape index (κ1) is 25.2. The van der Waals surface area contributed by atoms with Crippen LogP contribution in [0.4, 0.5) is 13.2 Å². The maximum Gasteiger partial charge on any atom is 0.416 e. The molecule has 2 fully saturated rings. The SMILES string of the molecule is O=C(CNC(=O)c1cccc(C(F)(F)F)c1)N[C@H]1CN([C@H]2CCC[C@H](c3ccccc3)C2)C[C@@H]1O. The number of rotatable bonds is 6. The third kappa shape index (κ3) is 6.41. The summed E-state index contributed by atoms with van der Waals surface area (Å²) in [6.45, 7) is 0.589. The van der Waals surface area contributed by atoms with Gasteiger partial charge in [-0.2, -0.15) is 13.2 Å². The van der Waals surface area contributed by atoms with Crippen LogP contribution in [0.15, 0.2) is 54.6 Å². The summed E-state index contributed by atoms with van der Waals surface area (Å²) in [6.07, 6.45) is -0.987. The minimum atomic E-state index is -4.56. The van der Waals surface area contributed by atoms with Crippen molar-refractivity contribution in [3.05, 3.63) is 71.3 Å². The van der Waals surface area contributed by atoms with Gasteiger partial charge in [0, 0.05) is 24.7 Å². The van der Waals surface area contributed by atoms with Gasteiger partial charge in [-0.1, -0.05) is 42.8 Å². The molecule has 2 aromatic rings. The number of halogens is 3. The Morgan fingerprint density at radius 2 is 1.80 bits per heavy atom. The Hall–Kier alpha value is -2.91. The molecule has 4 atom stereocenters. The number of carbonyl (C=O) groups is 2. The number of benzene rings is 2. The van der Waals surface area contributed by atoms with Crippen LogP contribution in [0.2, 0.25) is 0 Å². The van der Waals surface area contributed by atoms with E-state index >= 15 is 0 Å². The molecule has 6 nitrogen and oxygen atoms in total. The van der Waals surface area contributed by atoms with E-state index in [9.17, 15) is 27.9 Å². The van der Waals surface area contributed by atoms with Crippen LogP contribution in [0.1, 0.15) is 53.1 Å². The van der Waals surface area contributed by atoms with Crippen molar-refractivity contribution in [1.29, 1.82) is 0 Å². The molecule has 0 bridgehead atoms. The molecule has 1 aliphatic heterocycles. The minimum absolute atomic E-state index is 0.176. The van der Waals surface area contributed by atoms with E-state index in [1.165, 1.54) is 11.6 Å². The minimum Gasteiger partial charge on any atom is -0.390 e. The number of aliphatic hydroxyl groups is 1. The Kier molecular flexibility index (Phi) is 7.76. The predicted molar refractivity (Wildman–Crippen MR) is 125 cm³/mol. The lowest BCUT2D eigenvalue weighted by molar-refractivity contribution is -0.137. The molecule has 0 radical (unpaired) electrons. The summed E-state index contributed by atoms with van der Waals surface area (Å²) in [5.74, 6) is -0.789. The van der Waals surface area contributed by atoms with Gasteiger partial charge in [-0.25, -0.2) is 0 Å². The van der Waals surface area contributed by atoms with Crippen LogP contribution in [-0.4, -0.2) is 59.6 Å². The maximum absolute atomic E-state index is 12.9. The van der Waals surface area contributed by atoms with Crippen molar-refractivity contribution in [2.75, 3.05) is 19.6 Å². The lowest BCUT2D eigenvalue weighted by Crippen LogP contribution is -2.47. The number of amides is 2. The molecular formula is C26H30F3N3O3. The molecule has 1 heterocycles. The van der Waals surface area contributed by atoms with Crippen molar-refractivity contribution in [3.63, 3.8) is 0 Å². The number of alkyl halides is 3. The van der Waals surface area contributed by atoms with Crippen LogP contribution in [0.3, 0.4) is 0 Å². The Balaban J connectivity index is 1.27. The van der Waals surface area contributed by atoms with Crippen molar-refractivity contribution in [1.82, 2.24) is 15.5 Å². The number of nitrogens with zero attached hydrogens (tertiary/aromatic N) is 1. The molecule has 0 unspecified atom stereocenters. The molecular weight excluding hydrogens is 459 g/mol. The number of likely N-dealkylation sites (tertiary alicyclic amines) is 1. The Morgan fingerprint density at radius 1 is 1.03 bits per heavy atom. The Labute approximate surface area is 202 Å². The average molecular weight is 490 g/mol. The van der Waals surface area contributed by atoms with Crippen LogP contribution in [0.25, 0.3) is 0 Å². The fourth-order valence-electron chi connectivity index (χ4n) is 5.14. The highest BCUT2D eigenvalue weighted by Crippen LogP contribution is 2.36. The van der Waals surface area contributed by atoms with Gasteiger partial charge in [0.25, 0.3) is 5.91 Å². The zero-order valence-electron chi connectivity index (χ0n) is 19.3. The fourth-order valence-corrected chi connectivity index (χ4v) is 5.14. The van der Waals surface area contributed by atoms with Gasteiger partial charge in [-0.15, -0.1) is 0 Å². The third-order valence-corrected chi connectivity index (χ3v) is 6.96. The molecule has 3 N–H and O–H groups in total. The van der Waals surface area contributed by atoms with E-state index in [4.69, 9.17) is 0 Å².